The van der Waals surface area contributed by atoms with Crippen molar-refractivity contribution < 1.29 is 0 Å². The van der Waals surface area contributed by atoms with Crippen LogP contribution in [0.3, 0.4) is 0 Å². The third-order valence-electron chi connectivity index (χ3n) is 3.10. The van der Waals surface area contributed by atoms with E-state index >= 15 is 0 Å². The summed E-state index contributed by atoms with van der Waals surface area (Å²) >= 11 is 3.49. The summed E-state index contributed by atoms with van der Waals surface area (Å²) in [5.74, 6) is 0.448. The number of H-pyrrole nitrogens is 1. The maximum absolute atomic E-state index is 11.8. The number of nitrogens with zero attached hydrogens (tertiary/aromatic N) is 2. The average Bonchev–Trinajstić information content (AvgIpc) is 2.46. The number of nitrogens with one attached hydrogen (secondary N) is 1. The summed E-state index contributed by atoms with van der Waals surface area (Å²) in [6.07, 6.45) is 0.558. The minimum absolute atomic E-state index is 0.203. The Hall–Kier alpha value is -2.05. The van der Waals surface area contributed by atoms with Crippen LogP contribution >= 0.6 is 15.9 Å². The molecule has 3 aromatic rings. The van der Waals surface area contributed by atoms with Crippen molar-refractivity contribution in [2.45, 2.75) is 6.42 Å². The Morgan fingerprint density at radius 2 is 2.00 bits per heavy atom. The van der Waals surface area contributed by atoms with Crippen LogP contribution in [0.5, 0.6) is 0 Å². The van der Waals surface area contributed by atoms with Crippen molar-refractivity contribution in [3.05, 3.63) is 56.9 Å². The molecule has 2 heterocycles. The van der Waals surface area contributed by atoms with Gasteiger partial charge < -0.3 is 10.7 Å². The molecule has 0 radical (unpaired) electrons. The van der Waals surface area contributed by atoms with E-state index in [0.717, 1.165) is 15.4 Å². The third kappa shape index (κ3) is 2.86. The Labute approximate surface area is 129 Å². The number of hydrogen-bond acceptors (Lipinski definition) is 4. The smallest absolute Gasteiger partial charge is 0.251 e. The number of pyridine rings is 1. The largest absolute Gasteiger partial charge is 0.330 e. The molecule has 0 atom stereocenters. The van der Waals surface area contributed by atoms with Crippen LogP contribution in [-0.2, 0) is 6.42 Å². The van der Waals surface area contributed by atoms with E-state index < -0.39 is 0 Å². The number of benzene rings is 1. The van der Waals surface area contributed by atoms with E-state index in [2.05, 4.69) is 30.9 Å². The van der Waals surface area contributed by atoms with Gasteiger partial charge in [-0.15, -0.1) is 0 Å². The number of para-hydroxylation sites is 1. The van der Waals surface area contributed by atoms with E-state index in [-0.39, 0.29) is 5.56 Å². The highest BCUT2D eigenvalue weighted by Crippen LogP contribution is 2.27. The van der Waals surface area contributed by atoms with Crippen LogP contribution in [0.2, 0.25) is 0 Å². The molecule has 0 bridgehead atoms. The predicted molar refractivity (Wildman–Crippen MR) is 86.1 cm³/mol. The number of hydrogen-bond donors (Lipinski definition) is 2. The van der Waals surface area contributed by atoms with E-state index in [4.69, 9.17) is 5.73 Å². The molecule has 1 aromatic carbocycles. The first-order chi connectivity index (χ1) is 10.2. The molecule has 106 valence electrons. The number of aromatic nitrogens is 3. The number of fused-ring (bicyclic) bond motifs is 1. The van der Waals surface area contributed by atoms with Gasteiger partial charge in [0.1, 0.15) is 5.69 Å². The molecule has 21 heavy (non-hydrogen) atoms. The molecular formula is C15H13BrN4O. The van der Waals surface area contributed by atoms with Gasteiger partial charge in [0.15, 0.2) is 5.82 Å². The molecule has 6 heteroatoms. The molecule has 5 nitrogen and oxygen atoms in total. The van der Waals surface area contributed by atoms with Gasteiger partial charge in [0.2, 0.25) is 0 Å². The Morgan fingerprint density at radius 3 is 2.81 bits per heavy atom. The fourth-order valence-electron chi connectivity index (χ4n) is 2.15. The highest BCUT2D eigenvalue weighted by Gasteiger charge is 2.11. The van der Waals surface area contributed by atoms with Gasteiger partial charge in [0.05, 0.1) is 5.52 Å². The first-order valence-corrected chi connectivity index (χ1v) is 7.32. The van der Waals surface area contributed by atoms with Gasteiger partial charge in [-0.05, 0) is 34.6 Å². The Bertz CT molecular complexity index is 860. The molecule has 0 saturated carbocycles. The lowest BCUT2D eigenvalue weighted by Gasteiger charge is -2.07. The summed E-state index contributed by atoms with van der Waals surface area (Å²) in [4.78, 5) is 23.5. The van der Waals surface area contributed by atoms with Gasteiger partial charge in [0, 0.05) is 28.0 Å². The fraction of sp³-hybridized carbons (Fsp3) is 0.133. The van der Waals surface area contributed by atoms with Crippen molar-refractivity contribution in [2.75, 3.05) is 6.54 Å². The second-order valence-corrected chi connectivity index (χ2v) is 5.49. The van der Waals surface area contributed by atoms with Crippen LogP contribution in [0.25, 0.3) is 22.4 Å². The molecule has 3 N–H and O–H groups in total. The number of aromatic amines is 1. The van der Waals surface area contributed by atoms with Crippen molar-refractivity contribution in [2.24, 2.45) is 5.73 Å². The molecule has 0 spiro atoms. The maximum Gasteiger partial charge on any atom is 0.251 e. The van der Waals surface area contributed by atoms with Crippen LogP contribution in [0, 0.1) is 0 Å². The van der Waals surface area contributed by atoms with Gasteiger partial charge >= 0.3 is 0 Å². The number of halogens is 1. The molecule has 0 aliphatic rings. The second kappa shape index (κ2) is 5.75. The van der Waals surface area contributed by atoms with E-state index in [9.17, 15) is 4.79 Å². The molecule has 0 aliphatic heterocycles. The molecule has 0 amide bonds. The van der Waals surface area contributed by atoms with Crippen molar-refractivity contribution in [1.29, 1.82) is 0 Å². The molecule has 0 unspecified atom stereocenters. The van der Waals surface area contributed by atoms with E-state index in [1.165, 1.54) is 6.07 Å². The second-order valence-electron chi connectivity index (χ2n) is 4.64. The Kier molecular flexibility index (Phi) is 3.81. The van der Waals surface area contributed by atoms with E-state index in [1.54, 1.807) is 0 Å². The fourth-order valence-corrected chi connectivity index (χ4v) is 2.68. The normalized spacial score (nSPS) is 11.0. The summed E-state index contributed by atoms with van der Waals surface area (Å²) in [5, 5.41) is 1.02. The first-order valence-electron chi connectivity index (χ1n) is 6.53. The molecule has 3 rings (SSSR count). The minimum atomic E-state index is -0.203. The van der Waals surface area contributed by atoms with Gasteiger partial charge in [-0.2, -0.15) is 0 Å². The summed E-state index contributed by atoms with van der Waals surface area (Å²) in [6, 6.07) is 11.2. The van der Waals surface area contributed by atoms with Gasteiger partial charge in [-0.25, -0.2) is 9.97 Å². The SMILES string of the molecule is NCCc1cc(=O)[nH]c(-c2nc3ccccc3cc2Br)n1. The monoisotopic (exact) mass is 344 g/mol. The summed E-state index contributed by atoms with van der Waals surface area (Å²) in [7, 11) is 0. The molecule has 0 fully saturated rings. The topological polar surface area (TPSA) is 84.7 Å². The zero-order chi connectivity index (χ0) is 14.8. The lowest BCUT2D eigenvalue weighted by atomic mass is 10.2. The lowest BCUT2D eigenvalue weighted by Crippen LogP contribution is -2.13. The zero-order valence-electron chi connectivity index (χ0n) is 11.1. The third-order valence-corrected chi connectivity index (χ3v) is 3.70. The predicted octanol–water partition coefficient (Wildman–Crippen LogP) is 2.25. The summed E-state index contributed by atoms with van der Waals surface area (Å²) in [6.45, 7) is 0.447. The molecule has 0 aliphatic carbocycles. The summed E-state index contributed by atoms with van der Waals surface area (Å²) in [5.41, 5.74) is 7.45. The minimum Gasteiger partial charge on any atom is -0.330 e. The van der Waals surface area contributed by atoms with Gasteiger partial charge in [-0.3, -0.25) is 4.79 Å². The Balaban J connectivity index is 2.19. The van der Waals surface area contributed by atoms with Crippen LogP contribution in [0.15, 0.2) is 45.7 Å². The van der Waals surface area contributed by atoms with Crippen LogP contribution in [-0.4, -0.2) is 21.5 Å². The van der Waals surface area contributed by atoms with Gasteiger partial charge in [0.25, 0.3) is 5.56 Å². The molecule has 0 saturated heterocycles. The van der Waals surface area contributed by atoms with Crippen molar-refractivity contribution in [1.82, 2.24) is 15.0 Å². The number of rotatable bonds is 3. The van der Waals surface area contributed by atoms with Crippen molar-refractivity contribution in [3.8, 4) is 11.5 Å². The first kappa shape index (κ1) is 13.9. The number of nitrogens with two attached hydrogens (primary N) is 1. The van der Waals surface area contributed by atoms with Crippen LogP contribution in [0.4, 0.5) is 0 Å². The maximum atomic E-state index is 11.8. The zero-order valence-corrected chi connectivity index (χ0v) is 12.7. The highest BCUT2D eigenvalue weighted by atomic mass is 79.9. The van der Waals surface area contributed by atoms with E-state index in [1.807, 2.05) is 30.3 Å². The summed E-state index contributed by atoms with van der Waals surface area (Å²) < 4.78 is 0.786. The van der Waals surface area contributed by atoms with Crippen LogP contribution in [0.1, 0.15) is 5.69 Å². The van der Waals surface area contributed by atoms with Crippen molar-refractivity contribution >= 4 is 26.8 Å². The van der Waals surface area contributed by atoms with Crippen molar-refractivity contribution in [3.63, 3.8) is 0 Å². The highest BCUT2D eigenvalue weighted by molar-refractivity contribution is 9.10. The molecule has 2 aromatic heterocycles. The lowest BCUT2D eigenvalue weighted by molar-refractivity contribution is 0.903. The standard InChI is InChI=1S/C15H13BrN4O/c16-11-7-9-3-1-2-4-12(9)19-14(11)15-18-10(5-6-17)8-13(21)20-15/h1-4,7-8H,5-6,17H2,(H,18,20,21). The van der Waals surface area contributed by atoms with Crippen LogP contribution < -0.4 is 11.3 Å². The average molecular weight is 345 g/mol. The quantitative estimate of drug-likeness (QED) is 0.763. The molecular weight excluding hydrogens is 332 g/mol. The Morgan fingerprint density at radius 1 is 1.19 bits per heavy atom. The van der Waals surface area contributed by atoms with E-state index in [0.29, 0.717) is 30.2 Å². The van der Waals surface area contributed by atoms with Gasteiger partial charge in [-0.1, -0.05) is 18.2 Å².